The van der Waals surface area contributed by atoms with E-state index in [1.54, 1.807) is 0 Å². The second-order valence-electron chi connectivity index (χ2n) is 7.06. The summed E-state index contributed by atoms with van der Waals surface area (Å²) in [4.78, 5) is 6.73. The number of pyridine rings is 1. The summed E-state index contributed by atoms with van der Waals surface area (Å²) in [6.07, 6.45) is 1.06. The third-order valence-corrected chi connectivity index (χ3v) is 4.98. The summed E-state index contributed by atoms with van der Waals surface area (Å²) in [6, 6.07) is 6.04. The lowest BCUT2D eigenvalue weighted by molar-refractivity contribution is -0.193. The quantitative estimate of drug-likeness (QED) is 0.301. The van der Waals surface area contributed by atoms with E-state index in [0.29, 0.717) is 42.9 Å². The third kappa shape index (κ3) is 4.40. The summed E-state index contributed by atoms with van der Waals surface area (Å²) in [5.74, 6) is -11.4. The van der Waals surface area contributed by atoms with Crippen LogP contribution in [0.3, 0.4) is 0 Å². The molecule has 0 saturated heterocycles. The molecule has 0 bridgehead atoms. The SMILES string of the molecule is NC=NCC(O)(c1ccc(F)cc1F)C(F)(F)c1ccc(C(F)(F)c2ccc(F)cc2)cn1. The number of rotatable bonds is 7. The van der Waals surface area contributed by atoms with Crippen LogP contribution in [0.15, 0.2) is 65.8 Å². The first-order valence-electron chi connectivity index (χ1n) is 9.30. The maximum atomic E-state index is 15.4. The maximum Gasteiger partial charge on any atom is 0.323 e. The van der Waals surface area contributed by atoms with Crippen LogP contribution in [0.5, 0.6) is 0 Å². The molecule has 0 saturated carbocycles. The summed E-state index contributed by atoms with van der Waals surface area (Å²) in [5, 5.41) is 10.8. The van der Waals surface area contributed by atoms with Crippen molar-refractivity contribution in [3.8, 4) is 0 Å². The summed E-state index contributed by atoms with van der Waals surface area (Å²) >= 11 is 0. The Kier molecular flexibility index (Phi) is 6.46. The van der Waals surface area contributed by atoms with E-state index in [1.165, 1.54) is 0 Å². The minimum Gasteiger partial charge on any atom is -0.390 e. The molecule has 1 aromatic heterocycles. The molecule has 0 amide bonds. The molecular weight excluding hydrogens is 455 g/mol. The highest BCUT2D eigenvalue weighted by Gasteiger charge is 2.57. The Morgan fingerprint density at radius 3 is 2.03 bits per heavy atom. The van der Waals surface area contributed by atoms with E-state index in [4.69, 9.17) is 5.73 Å². The van der Waals surface area contributed by atoms with Gasteiger partial charge in [-0.3, -0.25) is 9.98 Å². The summed E-state index contributed by atoms with van der Waals surface area (Å²) in [5.41, 5.74) is -1.88. The van der Waals surface area contributed by atoms with Gasteiger partial charge in [0.25, 0.3) is 5.92 Å². The van der Waals surface area contributed by atoms with Gasteiger partial charge in [0.15, 0.2) is 5.60 Å². The highest BCUT2D eigenvalue weighted by Crippen LogP contribution is 2.46. The summed E-state index contributed by atoms with van der Waals surface area (Å²) in [6.45, 7) is -1.14. The second kappa shape index (κ2) is 8.81. The molecule has 3 aromatic rings. The molecule has 0 aliphatic rings. The molecule has 3 rings (SSSR count). The molecule has 4 nitrogen and oxygen atoms in total. The summed E-state index contributed by atoms with van der Waals surface area (Å²) in [7, 11) is 0. The zero-order valence-corrected chi connectivity index (χ0v) is 16.6. The average molecular weight is 471 g/mol. The van der Waals surface area contributed by atoms with E-state index >= 15 is 8.78 Å². The van der Waals surface area contributed by atoms with Crippen LogP contribution in [0.25, 0.3) is 0 Å². The molecule has 0 aliphatic carbocycles. The Bertz CT molecular complexity index is 1150. The van der Waals surface area contributed by atoms with Gasteiger partial charge in [-0.15, -0.1) is 0 Å². The Hall–Kier alpha value is -3.47. The van der Waals surface area contributed by atoms with Crippen LogP contribution in [-0.2, 0) is 17.4 Å². The predicted octanol–water partition coefficient (Wildman–Crippen LogP) is 4.61. The van der Waals surface area contributed by atoms with Gasteiger partial charge in [-0.05, 0) is 48.5 Å². The van der Waals surface area contributed by atoms with Gasteiger partial charge < -0.3 is 10.8 Å². The first kappa shape index (κ1) is 24.2. The van der Waals surface area contributed by atoms with Crippen molar-refractivity contribution in [1.29, 1.82) is 0 Å². The molecule has 1 atom stereocenters. The number of aliphatic hydroxyl groups is 1. The molecular formula is C22H16F7N3O. The molecule has 0 fully saturated rings. The number of aromatic nitrogens is 1. The maximum absolute atomic E-state index is 15.4. The molecule has 2 aromatic carbocycles. The fourth-order valence-electron chi connectivity index (χ4n) is 3.17. The van der Waals surface area contributed by atoms with Gasteiger partial charge in [0, 0.05) is 29.0 Å². The van der Waals surface area contributed by atoms with Crippen LogP contribution in [0.1, 0.15) is 22.4 Å². The monoisotopic (exact) mass is 471 g/mol. The van der Waals surface area contributed by atoms with E-state index in [9.17, 15) is 27.1 Å². The lowest BCUT2D eigenvalue weighted by atomic mass is 9.84. The van der Waals surface area contributed by atoms with Gasteiger partial charge in [0.05, 0.1) is 12.9 Å². The van der Waals surface area contributed by atoms with E-state index in [1.807, 2.05) is 0 Å². The van der Waals surface area contributed by atoms with Gasteiger partial charge >= 0.3 is 5.92 Å². The number of halogens is 7. The lowest BCUT2D eigenvalue weighted by Crippen LogP contribution is -2.47. The van der Waals surface area contributed by atoms with Crippen molar-refractivity contribution >= 4 is 6.34 Å². The smallest absolute Gasteiger partial charge is 0.323 e. The van der Waals surface area contributed by atoms with Crippen LogP contribution < -0.4 is 5.73 Å². The van der Waals surface area contributed by atoms with Crippen molar-refractivity contribution in [2.24, 2.45) is 10.7 Å². The van der Waals surface area contributed by atoms with Crippen LogP contribution in [0, 0.1) is 17.5 Å². The number of nitrogens with two attached hydrogens (primary N) is 1. The standard InChI is InChI=1S/C22H16F7N3O/c23-15-4-1-13(2-5-15)21(26,27)14-3-8-19(32-10-14)22(28,29)20(33,11-31-12-30)17-7-6-16(24)9-18(17)25/h1-10,12,33H,11H2,(H2,30,31). The van der Waals surface area contributed by atoms with Gasteiger partial charge in [-0.25, -0.2) is 13.2 Å². The number of nitrogens with zero attached hydrogens (tertiary/aromatic N) is 2. The fraction of sp³-hybridized carbons (Fsp3) is 0.182. The van der Waals surface area contributed by atoms with Gasteiger partial charge in [0.1, 0.15) is 23.1 Å². The third-order valence-electron chi connectivity index (χ3n) is 4.98. The highest BCUT2D eigenvalue weighted by atomic mass is 19.3. The van der Waals surface area contributed by atoms with E-state index in [0.717, 1.165) is 24.3 Å². The number of hydrogen-bond acceptors (Lipinski definition) is 3. The molecule has 33 heavy (non-hydrogen) atoms. The van der Waals surface area contributed by atoms with Crippen molar-refractivity contribution in [3.63, 3.8) is 0 Å². The van der Waals surface area contributed by atoms with Crippen molar-refractivity contribution in [2.45, 2.75) is 17.4 Å². The van der Waals surface area contributed by atoms with Crippen molar-refractivity contribution < 1.29 is 35.8 Å². The fourth-order valence-corrected chi connectivity index (χ4v) is 3.17. The molecule has 0 radical (unpaired) electrons. The molecule has 0 spiro atoms. The zero-order chi connectivity index (χ0) is 24.4. The van der Waals surface area contributed by atoms with E-state index in [-0.39, 0.29) is 0 Å². The highest BCUT2D eigenvalue weighted by molar-refractivity contribution is 5.51. The molecule has 174 valence electrons. The van der Waals surface area contributed by atoms with Gasteiger partial charge in [-0.2, -0.15) is 17.6 Å². The molecule has 1 unspecified atom stereocenters. The van der Waals surface area contributed by atoms with E-state index in [2.05, 4.69) is 9.98 Å². The Morgan fingerprint density at radius 2 is 1.48 bits per heavy atom. The number of aliphatic imine (C=N–C) groups is 1. The van der Waals surface area contributed by atoms with Crippen LogP contribution in [0.2, 0.25) is 0 Å². The first-order chi connectivity index (χ1) is 15.4. The topological polar surface area (TPSA) is 71.5 Å². The second-order valence-corrected chi connectivity index (χ2v) is 7.06. The number of alkyl halides is 4. The van der Waals surface area contributed by atoms with Crippen molar-refractivity contribution in [2.75, 3.05) is 6.54 Å². The van der Waals surface area contributed by atoms with Crippen molar-refractivity contribution in [1.82, 2.24) is 4.98 Å². The summed E-state index contributed by atoms with van der Waals surface area (Å²) < 4.78 is 101. The number of benzene rings is 2. The Labute approximate surface area is 183 Å². The molecule has 0 aliphatic heterocycles. The van der Waals surface area contributed by atoms with Crippen LogP contribution in [-0.4, -0.2) is 23.0 Å². The van der Waals surface area contributed by atoms with Crippen molar-refractivity contribution in [3.05, 3.63) is 101 Å². The van der Waals surface area contributed by atoms with Gasteiger partial charge in [0.2, 0.25) is 0 Å². The van der Waals surface area contributed by atoms with Crippen LogP contribution >= 0.6 is 0 Å². The average Bonchev–Trinajstić information content (AvgIpc) is 2.77. The normalized spacial score (nSPS) is 14.4. The predicted molar refractivity (Wildman–Crippen MR) is 105 cm³/mol. The minimum atomic E-state index is -4.37. The Balaban J connectivity index is 2.04. The van der Waals surface area contributed by atoms with Gasteiger partial charge in [-0.1, -0.05) is 0 Å². The largest absolute Gasteiger partial charge is 0.390 e. The zero-order valence-electron chi connectivity index (χ0n) is 16.6. The Morgan fingerprint density at radius 1 is 0.879 bits per heavy atom. The molecule has 11 heteroatoms. The lowest BCUT2D eigenvalue weighted by Gasteiger charge is -2.35. The molecule has 1 heterocycles. The number of hydrogen-bond donors (Lipinski definition) is 2. The minimum absolute atomic E-state index is 0.294. The molecule has 3 N–H and O–H groups in total. The first-order valence-corrected chi connectivity index (χ1v) is 9.30. The van der Waals surface area contributed by atoms with E-state index < -0.39 is 63.8 Å². The van der Waals surface area contributed by atoms with Crippen LogP contribution in [0.4, 0.5) is 30.7 Å².